The third-order valence-corrected chi connectivity index (χ3v) is 4.39. The van der Waals surface area contributed by atoms with Gasteiger partial charge >= 0.3 is 6.03 Å². The second-order valence-electron chi connectivity index (χ2n) is 7.68. The quantitative estimate of drug-likeness (QED) is 0.501. The maximum absolute atomic E-state index is 12.7. The molecule has 0 saturated carbocycles. The van der Waals surface area contributed by atoms with Crippen molar-refractivity contribution in [3.05, 3.63) is 35.9 Å². The Hall–Kier alpha value is -2.12. The minimum Gasteiger partial charge on any atom is -0.395 e. The van der Waals surface area contributed by atoms with Crippen molar-refractivity contribution in [3.8, 4) is 0 Å². The van der Waals surface area contributed by atoms with Crippen molar-refractivity contribution in [2.24, 2.45) is 5.92 Å². The molecule has 7 heteroatoms. The molecule has 0 bridgehead atoms. The molecule has 158 valence electrons. The van der Waals surface area contributed by atoms with E-state index in [0.717, 1.165) is 18.5 Å². The molecule has 1 rings (SSSR count). The molecule has 0 aliphatic heterocycles. The van der Waals surface area contributed by atoms with Gasteiger partial charge in [-0.1, -0.05) is 44.2 Å². The lowest BCUT2D eigenvalue weighted by Crippen LogP contribution is -2.53. The number of carbonyl (C=O) groups excluding carboxylic acids is 2. The highest BCUT2D eigenvalue weighted by Crippen LogP contribution is 2.06. The summed E-state index contributed by atoms with van der Waals surface area (Å²) >= 11 is 0. The zero-order valence-electron chi connectivity index (χ0n) is 17.6. The van der Waals surface area contributed by atoms with Crippen LogP contribution in [0.4, 0.5) is 4.79 Å². The minimum atomic E-state index is -0.669. The maximum Gasteiger partial charge on any atom is 0.318 e. The Kier molecular flexibility index (Phi) is 11.2. The molecule has 0 aliphatic carbocycles. The van der Waals surface area contributed by atoms with Crippen LogP contribution in [0.25, 0.3) is 0 Å². The third-order valence-electron chi connectivity index (χ3n) is 4.39. The van der Waals surface area contributed by atoms with Crippen LogP contribution in [0, 0.1) is 5.92 Å². The van der Waals surface area contributed by atoms with Gasteiger partial charge in [-0.2, -0.15) is 0 Å². The fourth-order valence-electron chi connectivity index (χ4n) is 2.67. The molecular formula is C21H36N4O3. The molecule has 0 spiro atoms. The highest BCUT2D eigenvalue weighted by molar-refractivity contribution is 5.87. The molecule has 3 amide bonds. The van der Waals surface area contributed by atoms with Gasteiger partial charge in [-0.3, -0.25) is 4.79 Å². The minimum absolute atomic E-state index is 0.107. The summed E-state index contributed by atoms with van der Waals surface area (Å²) in [5.41, 5.74) is 0.978. The van der Waals surface area contributed by atoms with Gasteiger partial charge in [0.05, 0.1) is 6.61 Å². The maximum atomic E-state index is 12.7. The SMILES string of the molecule is CC(C)CCN(CCO)C(=O)NC(Cc1ccccc1)C(=O)NCCN(C)C. The van der Waals surface area contributed by atoms with Gasteiger partial charge in [0.25, 0.3) is 0 Å². The Morgan fingerprint density at radius 1 is 1.07 bits per heavy atom. The molecule has 1 aromatic rings. The van der Waals surface area contributed by atoms with E-state index in [2.05, 4.69) is 24.5 Å². The molecule has 28 heavy (non-hydrogen) atoms. The molecule has 7 nitrogen and oxygen atoms in total. The largest absolute Gasteiger partial charge is 0.395 e. The number of amides is 3. The predicted octanol–water partition coefficient (Wildman–Crippen LogP) is 1.33. The van der Waals surface area contributed by atoms with Gasteiger partial charge in [-0.15, -0.1) is 0 Å². The number of hydrogen-bond acceptors (Lipinski definition) is 4. The van der Waals surface area contributed by atoms with Crippen LogP contribution in [0.3, 0.4) is 0 Å². The van der Waals surface area contributed by atoms with Crippen LogP contribution in [0.1, 0.15) is 25.8 Å². The van der Waals surface area contributed by atoms with Crippen LogP contribution in [-0.2, 0) is 11.2 Å². The molecule has 0 heterocycles. The molecular weight excluding hydrogens is 356 g/mol. The highest BCUT2D eigenvalue weighted by atomic mass is 16.3. The number of urea groups is 1. The lowest BCUT2D eigenvalue weighted by molar-refractivity contribution is -0.123. The Labute approximate surface area is 169 Å². The van der Waals surface area contributed by atoms with Crippen molar-refractivity contribution >= 4 is 11.9 Å². The Bertz CT molecular complexity index is 578. The number of nitrogens with zero attached hydrogens (tertiary/aromatic N) is 2. The molecule has 0 fully saturated rings. The lowest BCUT2D eigenvalue weighted by atomic mass is 10.1. The predicted molar refractivity (Wildman–Crippen MR) is 112 cm³/mol. The first kappa shape index (κ1) is 23.9. The van der Waals surface area contributed by atoms with Crippen molar-refractivity contribution in [2.45, 2.75) is 32.7 Å². The van der Waals surface area contributed by atoms with Crippen LogP contribution in [0.5, 0.6) is 0 Å². The monoisotopic (exact) mass is 392 g/mol. The van der Waals surface area contributed by atoms with E-state index >= 15 is 0 Å². The van der Waals surface area contributed by atoms with Crippen LogP contribution in [0.15, 0.2) is 30.3 Å². The molecule has 0 saturated heterocycles. The second kappa shape index (κ2) is 13.1. The topological polar surface area (TPSA) is 84.9 Å². The van der Waals surface area contributed by atoms with E-state index in [1.807, 2.05) is 49.3 Å². The molecule has 0 radical (unpaired) electrons. The zero-order chi connectivity index (χ0) is 20.9. The summed E-state index contributed by atoms with van der Waals surface area (Å²) < 4.78 is 0. The van der Waals surface area contributed by atoms with Crippen LogP contribution < -0.4 is 10.6 Å². The number of aliphatic hydroxyl groups excluding tert-OH is 1. The number of carbonyl (C=O) groups is 2. The summed E-state index contributed by atoms with van der Waals surface area (Å²) in [6.45, 7) is 6.10. The summed E-state index contributed by atoms with van der Waals surface area (Å²) in [6.07, 6.45) is 1.25. The van der Waals surface area contributed by atoms with Gasteiger partial charge in [0.15, 0.2) is 0 Å². The summed E-state index contributed by atoms with van der Waals surface area (Å²) in [7, 11) is 3.88. The van der Waals surface area contributed by atoms with Gasteiger partial charge in [0, 0.05) is 32.6 Å². The summed E-state index contributed by atoms with van der Waals surface area (Å²) in [6, 6.07) is 8.64. The third kappa shape index (κ3) is 9.71. The van der Waals surface area contributed by atoms with E-state index in [1.54, 1.807) is 4.90 Å². The van der Waals surface area contributed by atoms with Gasteiger partial charge in [0.2, 0.25) is 5.91 Å². The number of nitrogens with one attached hydrogen (secondary N) is 2. The first-order chi connectivity index (χ1) is 13.3. The van der Waals surface area contributed by atoms with Crippen LogP contribution >= 0.6 is 0 Å². The van der Waals surface area contributed by atoms with E-state index in [9.17, 15) is 14.7 Å². The zero-order valence-corrected chi connectivity index (χ0v) is 17.6. The van der Waals surface area contributed by atoms with Crippen molar-refractivity contribution in [1.29, 1.82) is 0 Å². The van der Waals surface area contributed by atoms with Gasteiger partial charge in [-0.25, -0.2) is 4.79 Å². The average Bonchev–Trinajstić information content (AvgIpc) is 2.64. The second-order valence-corrected chi connectivity index (χ2v) is 7.68. The van der Waals surface area contributed by atoms with E-state index < -0.39 is 6.04 Å². The van der Waals surface area contributed by atoms with Gasteiger partial charge in [0.1, 0.15) is 6.04 Å². The highest BCUT2D eigenvalue weighted by Gasteiger charge is 2.24. The van der Waals surface area contributed by atoms with Crippen molar-refractivity contribution in [3.63, 3.8) is 0 Å². The standard InChI is InChI=1S/C21H36N4O3/c1-17(2)10-12-25(14-15-26)21(28)23-19(16-18-8-6-5-7-9-18)20(27)22-11-13-24(3)4/h5-9,17,19,26H,10-16H2,1-4H3,(H,22,27)(H,23,28). The fourth-order valence-corrected chi connectivity index (χ4v) is 2.67. The number of likely N-dealkylation sites (N-methyl/N-ethyl adjacent to an activating group) is 1. The van der Waals surface area contributed by atoms with E-state index in [0.29, 0.717) is 25.4 Å². The number of aliphatic hydroxyl groups is 1. The molecule has 1 atom stereocenters. The smallest absolute Gasteiger partial charge is 0.318 e. The first-order valence-corrected chi connectivity index (χ1v) is 9.96. The normalized spacial score (nSPS) is 12.1. The molecule has 3 N–H and O–H groups in total. The molecule has 0 aliphatic rings. The lowest BCUT2D eigenvalue weighted by Gasteiger charge is -2.26. The summed E-state index contributed by atoms with van der Waals surface area (Å²) in [5.74, 6) is 0.246. The fraction of sp³-hybridized carbons (Fsp3) is 0.619. The summed E-state index contributed by atoms with van der Waals surface area (Å²) in [5, 5.41) is 15.1. The van der Waals surface area contributed by atoms with Gasteiger partial charge in [-0.05, 0) is 32.0 Å². The van der Waals surface area contributed by atoms with E-state index in [-0.39, 0.29) is 25.1 Å². The van der Waals surface area contributed by atoms with E-state index in [4.69, 9.17) is 0 Å². The summed E-state index contributed by atoms with van der Waals surface area (Å²) in [4.78, 5) is 29.0. The van der Waals surface area contributed by atoms with Crippen LogP contribution in [0.2, 0.25) is 0 Å². The molecule has 1 unspecified atom stereocenters. The molecule has 0 aromatic heterocycles. The van der Waals surface area contributed by atoms with Crippen molar-refractivity contribution < 1.29 is 14.7 Å². The Morgan fingerprint density at radius 2 is 1.75 bits per heavy atom. The molecule has 1 aromatic carbocycles. The Morgan fingerprint density at radius 3 is 2.32 bits per heavy atom. The first-order valence-electron chi connectivity index (χ1n) is 9.96. The van der Waals surface area contributed by atoms with Crippen molar-refractivity contribution in [1.82, 2.24) is 20.4 Å². The van der Waals surface area contributed by atoms with Crippen molar-refractivity contribution in [2.75, 3.05) is 46.9 Å². The average molecular weight is 393 g/mol. The number of rotatable bonds is 12. The van der Waals surface area contributed by atoms with E-state index in [1.165, 1.54) is 0 Å². The van der Waals surface area contributed by atoms with Crippen LogP contribution in [-0.4, -0.2) is 79.8 Å². The van der Waals surface area contributed by atoms with Gasteiger partial charge < -0.3 is 25.5 Å². The number of hydrogen-bond donors (Lipinski definition) is 3. The Balaban J connectivity index is 2.80. The number of benzene rings is 1.